The highest BCUT2D eigenvalue weighted by Gasteiger charge is 2.38. The third-order valence-corrected chi connectivity index (χ3v) is 2.92. The molecule has 0 aromatic carbocycles. The number of carbonyl (C=O) groups is 1. The van der Waals surface area contributed by atoms with Crippen LogP contribution in [0.3, 0.4) is 0 Å². The van der Waals surface area contributed by atoms with E-state index < -0.39 is 5.41 Å². The summed E-state index contributed by atoms with van der Waals surface area (Å²) in [6.45, 7) is 9.58. The average molecular weight is 259 g/mol. The predicted octanol–water partition coefficient (Wildman–Crippen LogP) is 2.74. The van der Waals surface area contributed by atoms with Gasteiger partial charge in [-0.25, -0.2) is 0 Å². The second-order valence-corrected chi connectivity index (χ2v) is 5.95. The molecule has 0 fully saturated rings. The SMILES string of the molecule is COC(=O)C(C)(C)c1c(Cl)cnn1C(C)(C)C. The molecule has 0 saturated heterocycles. The summed E-state index contributed by atoms with van der Waals surface area (Å²) in [6, 6.07) is 0. The summed E-state index contributed by atoms with van der Waals surface area (Å²) < 4.78 is 6.59. The van der Waals surface area contributed by atoms with Crippen LogP contribution in [0.25, 0.3) is 0 Å². The van der Waals surface area contributed by atoms with Gasteiger partial charge in [-0.1, -0.05) is 11.6 Å². The van der Waals surface area contributed by atoms with Crippen molar-refractivity contribution in [2.45, 2.75) is 45.6 Å². The first-order valence-corrected chi connectivity index (χ1v) is 5.83. The van der Waals surface area contributed by atoms with Crippen molar-refractivity contribution in [1.29, 1.82) is 0 Å². The van der Waals surface area contributed by atoms with Gasteiger partial charge < -0.3 is 4.74 Å². The Morgan fingerprint density at radius 2 is 1.88 bits per heavy atom. The largest absolute Gasteiger partial charge is 0.468 e. The summed E-state index contributed by atoms with van der Waals surface area (Å²) in [5, 5.41) is 4.73. The van der Waals surface area contributed by atoms with Crippen molar-refractivity contribution in [2.75, 3.05) is 7.11 Å². The summed E-state index contributed by atoms with van der Waals surface area (Å²) in [5.41, 5.74) is -0.387. The van der Waals surface area contributed by atoms with Crippen molar-refractivity contribution in [2.24, 2.45) is 0 Å². The zero-order valence-corrected chi connectivity index (χ0v) is 11.9. The Kier molecular flexibility index (Phi) is 3.58. The minimum Gasteiger partial charge on any atom is -0.468 e. The van der Waals surface area contributed by atoms with E-state index in [0.717, 1.165) is 0 Å². The number of rotatable bonds is 2. The van der Waals surface area contributed by atoms with E-state index in [1.54, 1.807) is 24.7 Å². The molecule has 1 aromatic rings. The minimum atomic E-state index is -0.824. The van der Waals surface area contributed by atoms with Crippen molar-refractivity contribution in [3.8, 4) is 0 Å². The molecule has 17 heavy (non-hydrogen) atoms. The van der Waals surface area contributed by atoms with E-state index in [4.69, 9.17) is 16.3 Å². The molecule has 4 nitrogen and oxygen atoms in total. The first kappa shape index (κ1) is 14.0. The topological polar surface area (TPSA) is 44.1 Å². The molecular formula is C12H19ClN2O2. The van der Waals surface area contributed by atoms with E-state index in [9.17, 15) is 4.79 Å². The Hall–Kier alpha value is -1.03. The van der Waals surface area contributed by atoms with Gasteiger partial charge >= 0.3 is 5.97 Å². The fraction of sp³-hybridized carbons (Fsp3) is 0.667. The van der Waals surface area contributed by atoms with Crippen LogP contribution in [0.5, 0.6) is 0 Å². The third-order valence-electron chi connectivity index (χ3n) is 2.65. The van der Waals surface area contributed by atoms with E-state index in [1.807, 2.05) is 20.8 Å². The van der Waals surface area contributed by atoms with Gasteiger partial charge in [0.25, 0.3) is 0 Å². The minimum absolute atomic E-state index is 0.242. The molecule has 0 radical (unpaired) electrons. The number of hydrogen-bond donors (Lipinski definition) is 0. The standard InChI is InChI=1S/C12H19ClN2O2/c1-11(2,3)15-9(8(13)7-14-15)12(4,5)10(16)17-6/h7H,1-6H3. The Morgan fingerprint density at radius 3 is 2.29 bits per heavy atom. The predicted molar refractivity (Wildman–Crippen MR) is 67.3 cm³/mol. The van der Waals surface area contributed by atoms with Crippen LogP contribution in [0.15, 0.2) is 6.20 Å². The number of carbonyl (C=O) groups excluding carboxylic acids is 1. The molecule has 0 amide bonds. The zero-order chi connectivity index (χ0) is 13.4. The van der Waals surface area contributed by atoms with Crippen LogP contribution in [0.1, 0.15) is 40.3 Å². The van der Waals surface area contributed by atoms with E-state index in [-0.39, 0.29) is 11.5 Å². The fourth-order valence-corrected chi connectivity index (χ4v) is 2.11. The van der Waals surface area contributed by atoms with Gasteiger partial charge in [0.2, 0.25) is 0 Å². The monoisotopic (exact) mass is 258 g/mol. The van der Waals surface area contributed by atoms with Gasteiger partial charge in [-0.15, -0.1) is 0 Å². The quantitative estimate of drug-likeness (QED) is 0.766. The maximum atomic E-state index is 11.8. The number of nitrogens with zero attached hydrogens (tertiary/aromatic N) is 2. The first-order valence-electron chi connectivity index (χ1n) is 5.45. The number of halogens is 1. The third kappa shape index (κ3) is 2.46. The van der Waals surface area contributed by atoms with Crippen molar-refractivity contribution in [1.82, 2.24) is 9.78 Å². The van der Waals surface area contributed by atoms with Crippen molar-refractivity contribution < 1.29 is 9.53 Å². The number of aromatic nitrogens is 2. The lowest BCUT2D eigenvalue weighted by Gasteiger charge is -2.29. The summed E-state index contributed by atoms with van der Waals surface area (Å²) in [5.74, 6) is -0.328. The molecule has 0 spiro atoms. The van der Waals surface area contributed by atoms with Gasteiger partial charge in [0, 0.05) is 0 Å². The van der Waals surface area contributed by atoms with Crippen molar-refractivity contribution >= 4 is 17.6 Å². The lowest BCUT2D eigenvalue weighted by atomic mass is 9.88. The molecule has 0 unspecified atom stereocenters. The van der Waals surface area contributed by atoms with E-state index in [1.165, 1.54) is 7.11 Å². The lowest BCUT2D eigenvalue weighted by Crippen LogP contribution is -2.37. The van der Waals surface area contributed by atoms with Crippen LogP contribution in [0.4, 0.5) is 0 Å². The molecular weight excluding hydrogens is 240 g/mol. The van der Waals surface area contributed by atoms with Crippen LogP contribution in [-0.2, 0) is 20.5 Å². The normalized spacial score (nSPS) is 12.6. The molecule has 0 N–H and O–H groups in total. The van der Waals surface area contributed by atoms with Crippen LogP contribution in [0, 0.1) is 0 Å². The van der Waals surface area contributed by atoms with Gasteiger partial charge in [-0.3, -0.25) is 9.48 Å². The highest BCUT2D eigenvalue weighted by atomic mass is 35.5. The molecule has 96 valence electrons. The zero-order valence-electron chi connectivity index (χ0n) is 11.2. The van der Waals surface area contributed by atoms with Gasteiger partial charge in [-0.05, 0) is 34.6 Å². The number of hydrogen-bond acceptors (Lipinski definition) is 3. The smallest absolute Gasteiger partial charge is 0.317 e. The van der Waals surface area contributed by atoms with Gasteiger partial charge in [0.05, 0.1) is 29.6 Å². The van der Waals surface area contributed by atoms with E-state index in [0.29, 0.717) is 10.7 Å². The first-order chi connectivity index (χ1) is 7.62. The molecule has 0 aliphatic rings. The highest BCUT2D eigenvalue weighted by Crippen LogP contribution is 2.33. The summed E-state index contributed by atoms with van der Waals surface area (Å²) in [7, 11) is 1.37. The number of ether oxygens (including phenoxy) is 1. The molecule has 1 rings (SSSR count). The maximum Gasteiger partial charge on any atom is 0.317 e. The Bertz CT molecular complexity index is 430. The molecule has 0 bridgehead atoms. The highest BCUT2D eigenvalue weighted by molar-refractivity contribution is 6.31. The molecule has 0 aliphatic heterocycles. The molecule has 0 aliphatic carbocycles. The maximum absolute atomic E-state index is 11.8. The van der Waals surface area contributed by atoms with Crippen LogP contribution >= 0.6 is 11.6 Å². The van der Waals surface area contributed by atoms with Crippen LogP contribution in [-0.4, -0.2) is 22.9 Å². The Labute approximate surface area is 107 Å². The molecule has 0 saturated carbocycles. The molecule has 1 aromatic heterocycles. The Morgan fingerprint density at radius 1 is 1.35 bits per heavy atom. The Balaban J connectivity index is 3.40. The van der Waals surface area contributed by atoms with Gasteiger partial charge in [-0.2, -0.15) is 5.10 Å². The second-order valence-electron chi connectivity index (χ2n) is 5.54. The average Bonchev–Trinajstić information content (AvgIpc) is 2.58. The van der Waals surface area contributed by atoms with Crippen LogP contribution in [0.2, 0.25) is 5.02 Å². The molecule has 1 heterocycles. The van der Waals surface area contributed by atoms with Crippen LogP contribution < -0.4 is 0 Å². The molecule has 0 atom stereocenters. The van der Waals surface area contributed by atoms with E-state index in [2.05, 4.69) is 5.10 Å². The second kappa shape index (κ2) is 4.33. The fourth-order valence-electron chi connectivity index (χ4n) is 1.75. The summed E-state index contributed by atoms with van der Waals surface area (Å²) >= 11 is 6.15. The van der Waals surface area contributed by atoms with Gasteiger partial charge in [0.1, 0.15) is 5.41 Å². The summed E-state index contributed by atoms with van der Waals surface area (Å²) in [4.78, 5) is 11.8. The van der Waals surface area contributed by atoms with Gasteiger partial charge in [0.15, 0.2) is 0 Å². The van der Waals surface area contributed by atoms with E-state index >= 15 is 0 Å². The van der Waals surface area contributed by atoms with Crippen molar-refractivity contribution in [3.05, 3.63) is 16.9 Å². The van der Waals surface area contributed by atoms with Crippen molar-refractivity contribution in [3.63, 3.8) is 0 Å². The number of esters is 1. The number of methoxy groups -OCH3 is 1. The summed E-state index contributed by atoms with van der Waals surface area (Å²) in [6.07, 6.45) is 1.56. The lowest BCUT2D eigenvalue weighted by molar-refractivity contribution is -0.146. The molecule has 5 heteroatoms.